The Bertz CT molecular complexity index is 1030. The summed E-state index contributed by atoms with van der Waals surface area (Å²) in [5.41, 5.74) is 0.303. The van der Waals surface area contributed by atoms with Crippen LogP contribution in [0, 0.1) is 5.92 Å². The summed E-state index contributed by atoms with van der Waals surface area (Å²) in [5.74, 6) is 0.175. The van der Waals surface area contributed by atoms with E-state index in [2.05, 4.69) is 66.5 Å². The predicted molar refractivity (Wildman–Crippen MR) is 157 cm³/mol. The lowest BCUT2D eigenvalue weighted by atomic mass is 9.71. The number of unbranched alkanes of at least 4 members (excludes halogenated alkanes) is 6. The van der Waals surface area contributed by atoms with E-state index >= 15 is 0 Å². The van der Waals surface area contributed by atoms with Gasteiger partial charge in [0, 0.05) is 6.42 Å². The standard InChI is InChI=1S/C33H49N3O2/c1-3-5-7-14-23-35(24-15-8-6-4-2)26-36-31(37)33(34-32(36)38,29-20-10-9-11-21-29)25-28-19-16-18-27-17-12-13-22-30(27)28/h12-13,16-19,22,29H,3-11,14-15,20-21,23-26H2,1-2H3,(H,34,38). The molecule has 3 amide bonds. The van der Waals surface area contributed by atoms with Crippen molar-refractivity contribution in [2.24, 2.45) is 5.92 Å². The number of nitrogens with zero attached hydrogens (tertiary/aromatic N) is 2. The molecular weight excluding hydrogens is 470 g/mol. The largest absolute Gasteiger partial charge is 0.326 e. The fourth-order valence-electron chi connectivity index (χ4n) is 6.63. The number of hydrogen-bond acceptors (Lipinski definition) is 3. The second kappa shape index (κ2) is 14.1. The maximum absolute atomic E-state index is 14.4. The van der Waals surface area contributed by atoms with Gasteiger partial charge in [0.2, 0.25) is 0 Å². The van der Waals surface area contributed by atoms with Crippen LogP contribution in [0.1, 0.15) is 103 Å². The van der Waals surface area contributed by atoms with Gasteiger partial charge in [-0.25, -0.2) is 9.69 Å². The Hall–Kier alpha value is -2.40. The van der Waals surface area contributed by atoms with Crippen LogP contribution in [0.25, 0.3) is 10.8 Å². The van der Waals surface area contributed by atoms with Crippen LogP contribution in [0.4, 0.5) is 4.79 Å². The highest BCUT2D eigenvalue weighted by Gasteiger charge is 2.55. The van der Waals surface area contributed by atoms with Gasteiger partial charge in [0.1, 0.15) is 5.54 Å². The second-order valence-corrected chi connectivity index (χ2v) is 11.7. The molecule has 5 heteroatoms. The Labute approximate surface area is 230 Å². The minimum atomic E-state index is -0.849. The van der Waals surface area contributed by atoms with Crippen molar-refractivity contribution in [1.29, 1.82) is 0 Å². The number of rotatable bonds is 15. The van der Waals surface area contributed by atoms with E-state index in [1.165, 1.54) is 55.7 Å². The molecule has 2 aliphatic rings. The second-order valence-electron chi connectivity index (χ2n) is 11.7. The Kier molecular flexibility index (Phi) is 10.6. The first-order valence-electron chi connectivity index (χ1n) is 15.4. The molecule has 1 N–H and O–H groups in total. The SMILES string of the molecule is CCCCCCN(CCCCCC)CN1C(=O)NC(Cc2cccc3ccccc23)(C2CCCCC2)C1=O. The monoisotopic (exact) mass is 519 g/mol. The smallest absolute Gasteiger partial charge is 0.322 e. The highest BCUT2D eigenvalue weighted by atomic mass is 16.2. The molecule has 1 aliphatic carbocycles. The summed E-state index contributed by atoms with van der Waals surface area (Å²) in [6.45, 7) is 6.77. The summed E-state index contributed by atoms with van der Waals surface area (Å²) in [6, 6.07) is 14.5. The molecule has 5 nitrogen and oxygen atoms in total. The molecule has 4 rings (SSSR count). The van der Waals surface area contributed by atoms with Crippen LogP contribution in [0.5, 0.6) is 0 Å². The van der Waals surface area contributed by atoms with Crippen LogP contribution in [0.15, 0.2) is 42.5 Å². The summed E-state index contributed by atoms with van der Waals surface area (Å²) >= 11 is 0. The lowest BCUT2D eigenvalue weighted by Crippen LogP contribution is -2.56. The topological polar surface area (TPSA) is 52.6 Å². The van der Waals surface area contributed by atoms with Crippen LogP contribution in [-0.2, 0) is 11.2 Å². The van der Waals surface area contributed by atoms with Crippen molar-refractivity contribution in [3.63, 3.8) is 0 Å². The first-order chi connectivity index (χ1) is 18.6. The quantitative estimate of drug-likeness (QED) is 0.194. The average Bonchev–Trinajstić information content (AvgIpc) is 3.18. The van der Waals surface area contributed by atoms with Gasteiger partial charge >= 0.3 is 6.03 Å². The van der Waals surface area contributed by atoms with Gasteiger partial charge in [-0.3, -0.25) is 9.69 Å². The highest BCUT2D eigenvalue weighted by molar-refractivity contribution is 6.07. The van der Waals surface area contributed by atoms with Crippen LogP contribution >= 0.6 is 0 Å². The molecule has 1 aliphatic heterocycles. The van der Waals surface area contributed by atoms with E-state index in [1.54, 1.807) is 4.90 Å². The molecule has 0 aromatic heterocycles. The summed E-state index contributed by atoms with van der Waals surface area (Å²) in [7, 11) is 0. The molecule has 1 saturated carbocycles. The molecule has 1 saturated heterocycles. The molecule has 1 atom stereocenters. The van der Waals surface area contributed by atoms with E-state index < -0.39 is 5.54 Å². The van der Waals surface area contributed by atoms with Crippen LogP contribution in [0.2, 0.25) is 0 Å². The van der Waals surface area contributed by atoms with E-state index in [-0.39, 0.29) is 17.9 Å². The van der Waals surface area contributed by atoms with E-state index in [4.69, 9.17) is 0 Å². The number of urea groups is 1. The zero-order valence-electron chi connectivity index (χ0n) is 23.9. The van der Waals surface area contributed by atoms with E-state index in [0.29, 0.717) is 13.1 Å². The molecule has 2 aromatic carbocycles. The number of amides is 3. The van der Waals surface area contributed by atoms with Crippen molar-refractivity contribution in [2.75, 3.05) is 19.8 Å². The Morgan fingerprint density at radius 3 is 2.18 bits per heavy atom. The lowest BCUT2D eigenvalue weighted by Gasteiger charge is -2.38. The Morgan fingerprint density at radius 2 is 1.50 bits per heavy atom. The highest BCUT2D eigenvalue weighted by Crippen LogP contribution is 2.40. The molecule has 1 heterocycles. The molecule has 0 spiro atoms. The number of carbonyl (C=O) groups is 2. The number of nitrogens with one attached hydrogen (secondary N) is 1. The van der Waals surface area contributed by atoms with E-state index in [1.807, 2.05) is 0 Å². The van der Waals surface area contributed by atoms with Crippen molar-refractivity contribution in [3.8, 4) is 0 Å². The van der Waals surface area contributed by atoms with Gasteiger partial charge in [0.05, 0.1) is 6.67 Å². The third-order valence-corrected chi connectivity index (χ3v) is 8.85. The van der Waals surface area contributed by atoms with Crippen LogP contribution in [-0.4, -0.2) is 47.0 Å². The predicted octanol–water partition coefficient (Wildman–Crippen LogP) is 7.67. The van der Waals surface area contributed by atoms with E-state index in [9.17, 15) is 9.59 Å². The maximum Gasteiger partial charge on any atom is 0.326 e. The van der Waals surface area contributed by atoms with Crippen LogP contribution < -0.4 is 5.32 Å². The van der Waals surface area contributed by atoms with Crippen molar-refractivity contribution >= 4 is 22.7 Å². The van der Waals surface area contributed by atoms with Crippen molar-refractivity contribution in [3.05, 3.63) is 48.0 Å². The molecular formula is C33H49N3O2. The fraction of sp³-hybridized carbons (Fsp3) is 0.636. The molecule has 0 radical (unpaired) electrons. The third kappa shape index (κ3) is 6.77. The third-order valence-electron chi connectivity index (χ3n) is 8.85. The first-order valence-corrected chi connectivity index (χ1v) is 15.4. The summed E-state index contributed by atoms with van der Waals surface area (Å²) < 4.78 is 0. The molecule has 2 fully saturated rings. The number of imide groups is 1. The molecule has 0 bridgehead atoms. The van der Waals surface area contributed by atoms with Gasteiger partial charge in [-0.1, -0.05) is 114 Å². The minimum Gasteiger partial charge on any atom is -0.322 e. The van der Waals surface area contributed by atoms with Gasteiger partial charge in [0.15, 0.2) is 0 Å². The molecule has 208 valence electrons. The minimum absolute atomic E-state index is 0.00514. The Balaban J connectivity index is 1.57. The number of hydrogen-bond donors (Lipinski definition) is 1. The normalized spacial score (nSPS) is 20.6. The fourth-order valence-corrected chi connectivity index (χ4v) is 6.63. The molecule has 38 heavy (non-hydrogen) atoms. The molecule has 1 unspecified atom stereocenters. The van der Waals surface area contributed by atoms with E-state index in [0.717, 1.165) is 57.2 Å². The zero-order chi connectivity index (χ0) is 26.8. The number of carbonyl (C=O) groups excluding carboxylic acids is 2. The van der Waals surface area contributed by atoms with Crippen molar-refractivity contribution in [2.45, 2.75) is 109 Å². The van der Waals surface area contributed by atoms with Gasteiger partial charge < -0.3 is 5.32 Å². The summed E-state index contributed by atoms with van der Waals surface area (Å²) in [5, 5.41) is 5.68. The Morgan fingerprint density at radius 1 is 0.842 bits per heavy atom. The van der Waals surface area contributed by atoms with Crippen LogP contribution in [0.3, 0.4) is 0 Å². The zero-order valence-corrected chi connectivity index (χ0v) is 23.9. The number of benzene rings is 2. The van der Waals surface area contributed by atoms with Crippen molar-refractivity contribution in [1.82, 2.24) is 15.1 Å². The summed E-state index contributed by atoms with van der Waals surface area (Å²) in [6.07, 6.45) is 15.6. The van der Waals surface area contributed by atoms with Gasteiger partial charge in [-0.15, -0.1) is 0 Å². The molecule has 2 aromatic rings. The average molecular weight is 520 g/mol. The lowest BCUT2D eigenvalue weighted by molar-refractivity contribution is -0.135. The first kappa shape index (κ1) is 28.6. The number of fused-ring (bicyclic) bond motifs is 1. The van der Waals surface area contributed by atoms with Gasteiger partial charge in [0.25, 0.3) is 5.91 Å². The maximum atomic E-state index is 14.4. The van der Waals surface area contributed by atoms with Crippen molar-refractivity contribution < 1.29 is 9.59 Å². The summed E-state index contributed by atoms with van der Waals surface area (Å²) in [4.78, 5) is 31.8. The van der Waals surface area contributed by atoms with Gasteiger partial charge in [-0.05, 0) is 61.0 Å². The van der Waals surface area contributed by atoms with Gasteiger partial charge in [-0.2, -0.15) is 0 Å².